The van der Waals surface area contributed by atoms with Crippen LogP contribution in [0.3, 0.4) is 0 Å². The van der Waals surface area contributed by atoms with Crippen LogP contribution in [0.2, 0.25) is 0 Å². The maximum Gasteiger partial charge on any atom is 0.542 e. The van der Waals surface area contributed by atoms with Crippen molar-refractivity contribution < 1.29 is 13.3 Å². The third kappa shape index (κ3) is 2.31. The molecule has 0 bridgehead atoms. The lowest BCUT2D eigenvalue weighted by Crippen LogP contribution is -2.43. The third-order valence-electron chi connectivity index (χ3n) is 1.39. The van der Waals surface area contributed by atoms with E-state index in [0.29, 0.717) is 0 Å². The van der Waals surface area contributed by atoms with Gasteiger partial charge in [-0.15, -0.1) is 12.6 Å². The first-order chi connectivity index (χ1) is 5.16. The molecule has 3 nitrogen and oxygen atoms in total. The minimum atomic E-state index is -2.60. The summed E-state index contributed by atoms with van der Waals surface area (Å²) in [4.78, 5) is 0. The Bertz CT molecular complexity index is 136. The molecule has 0 atom stereocenters. The summed E-state index contributed by atoms with van der Waals surface area (Å²) in [6, 6.07) is 0. The Labute approximate surface area is 74.1 Å². The molecule has 0 aromatic rings. The molecule has 0 aliphatic carbocycles. The van der Waals surface area contributed by atoms with Crippen LogP contribution < -0.4 is 0 Å². The molecule has 0 aliphatic heterocycles. The number of hydrogen-bond donors (Lipinski definition) is 1. The average molecular weight is 194 g/mol. The van der Waals surface area contributed by atoms with Crippen LogP contribution in [0.4, 0.5) is 0 Å². The van der Waals surface area contributed by atoms with Crippen LogP contribution in [0.15, 0.2) is 10.6 Å². The molecule has 0 heterocycles. The molecule has 0 saturated heterocycles. The van der Waals surface area contributed by atoms with Gasteiger partial charge < -0.3 is 13.3 Å². The lowest BCUT2D eigenvalue weighted by atomic mass is 10.8. The van der Waals surface area contributed by atoms with Crippen molar-refractivity contribution >= 4 is 21.4 Å². The van der Waals surface area contributed by atoms with Crippen molar-refractivity contribution in [1.29, 1.82) is 0 Å². The molecule has 0 unspecified atom stereocenters. The maximum atomic E-state index is 5.14. The van der Waals surface area contributed by atoms with Crippen molar-refractivity contribution in [3.8, 4) is 0 Å². The zero-order valence-electron chi connectivity index (χ0n) is 7.25. The second-order valence-electron chi connectivity index (χ2n) is 1.84. The van der Waals surface area contributed by atoms with Gasteiger partial charge in [0, 0.05) is 25.9 Å². The smallest absolute Gasteiger partial charge is 0.373 e. The fraction of sp³-hybridized carbons (Fsp3) is 0.667. The Balaban J connectivity index is 4.54. The second-order valence-corrected chi connectivity index (χ2v) is 5.62. The van der Waals surface area contributed by atoms with E-state index in [4.69, 9.17) is 13.3 Å². The van der Waals surface area contributed by atoms with Crippen LogP contribution in [-0.2, 0) is 13.3 Å². The summed E-state index contributed by atoms with van der Waals surface area (Å²) in [6.07, 6.45) is 1.81. The van der Waals surface area contributed by atoms with E-state index in [1.807, 2.05) is 13.0 Å². The fourth-order valence-electron chi connectivity index (χ4n) is 0.740. The fourth-order valence-corrected chi connectivity index (χ4v) is 3.04. The van der Waals surface area contributed by atoms with Crippen LogP contribution in [0.25, 0.3) is 0 Å². The Morgan fingerprint density at radius 1 is 1.18 bits per heavy atom. The highest BCUT2D eigenvalue weighted by molar-refractivity contribution is 7.87. The molecule has 66 valence electrons. The Morgan fingerprint density at radius 3 is 1.64 bits per heavy atom. The Kier molecular flexibility index (Phi) is 5.03. The molecular weight excluding hydrogens is 180 g/mol. The van der Waals surface area contributed by atoms with Crippen molar-refractivity contribution in [3.05, 3.63) is 10.6 Å². The first-order valence-corrected chi connectivity index (χ1v) is 5.35. The second kappa shape index (κ2) is 4.94. The van der Waals surface area contributed by atoms with E-state index in [0.717, 1.165) is 4.53 Å². The maximum absolute atomic E-state index is 5.14. The van der Waals surface area contributed by atoms with Gasteiger partial charge in [-0.1, -0.05) is 6.08 Å². The summed E-state index contributed by atoms with van der Waals surface area (Å²) in [5, 5.41) is 0. The molecule has 0 radical (unpaired) electrons. The standard InChI is InChI=1S/C6H14O3SSi/c1-5-6(10)11(7-2,8-3)9-4/h5,10H,1-4H3. The van der Waals surface area contributed by atoms with E-state index < -0.39 is 8.80 Å². The topological polar surface area (TPSA) is 27.7 Å². The summed E-state index contributed by atoms with van der Waals surface area (Å²) in [6.45, 7) is 1.86. The van der Waals surface area contributed by atoms with Gasteiger partial charge in [-0.3, -0.25) is 0 Å². The van der Waals surface area contributed by atoms with Gasteiger partial charge in [0.05, 0.1) is 0 Å². The van der Waals surface area contributed by atoms with Crippen LogP contribution in [0.5, 0.6) is 0 Å². The number of rotatable bonds is 4. The molecular formula is C6H14O3SSi. The Morgan fingerprint density at radius 2 is 1.55 bits per heavy atom. The number of allylic oxidation sites excluding steroid dienone is 1. The van der Waals surface area contributed by atoms with Gasteiger partial charge in [-0.25, -0.2) is 0 Å². The molecule has 0 saturated carbocycles. The lowest BCUT2D eigenvalue weighted by Gasteiger charge is -2.23. The van der Waals surface area contributed by atoms with Crippen molar-refractivity contribution in [2.24, 2.45) is 0 Å². The normalized spacial score (nSPS) is 13.7. The van der Waals surface area contributed by atoms with Gasteiger partial charge in [0.1, 0.15) is 0 Å². The minimum Gasteiger partial charge on any atom is -0.373 e. The van der Waals surface area contributed by atoms with Crippen LogP contribution >= 0.6 is 12.6 Å². The first-order valence-electron chi connectivity index (χ1n) is 3.18. The van der Waals surface area contributed by atoms with E-state index in [-0.39, 0.29) is 0 Å². The first kappa shape index (κ1) is 11.2. The minimum absolute atomic E-state index is 0.727. The molecule has 0 amide bonds. The van der Waals surface area contributed by atoms with E-state index in [1.165, 1.54) is 0 Å². The molecule has 0 aliphatic rings. The Hall–Kier alpha value is 0.187. The number of hydrogen-bond acceptors (Lipinski definition) is 4. The van der Waals surface area contributed by atoms with Gasteiger partial charge in [-0.2, -0.15) is 0 Å². The van der Waals surface area contributed by atoms with Crippen molar-refractivity contribution in [3.63, 3.8) is 0 Å². The van der Waals surface area contributed by atoms with Crippen LogP contribution in [-0.4, -0.2) is 30.1 Å². The van der Waals surface area contributed by atoms with Crippen molar-refractivity contribution in [2.45, 2.75) is 6.92 Å². The summed E-state index contributed by atoms with van der Waals surface area (Å²) >= 11 is 4.20. The van der Waals surface area contributed by atoms with Gasteiger partial charge in [0.2, 0.25) is 0 Å². The van der Waals surface area contributed by atoms with Crippen LogP contribution in [0.1, 0.15) is 6.92 Å². The largest absolute Gasteiger partial charge is 0.542 e. The molecule has 0 rings (SSSR count). The predicted molar refractivity (Wildman–Crippen MR) is 49.5 cm³/mol. The zero-order valence-corrected chi connectivity index (χ0v) is 9.14. The molecule has 5 heteroatoms. The van der Waals surface area contributed by atoms with E-state index >= 15 is 0 Å². The lowest BCUT2D eigenvalue weighted by molar-refractivity contribution is 0.137. The summed E-state index contributed by atoms with van der Waals surface area (Å²) in [5.74, 6) is 0. The number of thiol groups is 1. The molecule has 0 N–H and O–H groups in total. The van der Waals surface area contributed by atoms with Gasteiger partial charge in [0.25, 0.3) is 0 Å². The summed E-state index contributed by atoms with van der Waals surface area (Å²) < 4.78 is 16.1. The molecule has 11 heavy (non-hydrogen) atoms. The quantitative estimate of drug-likeness (QED) is 0.539. The highest BCUT2D eigenvalue weighted by Crippen LogP contribution is 2.20. The van der Waals surface area contributed by atoms with Crippen molar-refractivity contribution in [1.82, 2.24) is 0 Å². The highest BCUT2D eigenvalue weighted by atomic mass is 32.1. The van der Waals surface area contributed by atoms with Gasteiger partial charge >= 0.3 is 8.80 Å². The molecule has 0 fully saturated rings. The molecule has 0 spiro atoms. The third-order valence-corrected chi connectivity index (χ3v) is 5.00. The highest BCUT2D eigenvalue weighted by Gasteiger charge is 2.40. The monoisotopic (exact) mass is 194 g/mol. The van der Waals surface area contributed by atoms with Gasteiger partial charge in [-0.05, 0) is 6.92 Å². The average Bonchev–Trinajstić information content (AvgIpc) is 2.08. The SMILES string of the molecule is CC=C(S)[Si](OC)(OC)OC. The summed E-state index contributed by atoms with van der Waals surface area (Å²) in [5.41, 5.74) is 0. The van der Waals surface area contributed by atoms with E-state index in [9.17, 15) is 0 Å². The molecule has 0 aromatic carbocycles. The van der Waals surface area contributed by atoms with Crippen molar-refractivity contribution in [2.75, 3.05) is 21.3 Å². The van der Waals surface area contributed by atoms with Crippen LogP contribution in [0, 0.1) is 0 Å². The van der Waals surface area contributed by atoms with E-state index in [2.05, 4.69) is 12.6 Å². The zero-order chi connectivity index (χ0) is 8.91. The predicted octanol–water partition coefficient (Wildman–Crippen LogP) is 1.24. The van der Waals surface area contributed by atoms with Gasteiger partial charge in [0.15, 0.2) is 0 Å². The summed E-state index contributed by atoms with van der Waals surface area (Å²) in [7, 11) is 2.07. The molecule has 0 aromatic heterocycles. The van der Waals surface area contributed by atoms with E-state index in [1.54, 1.807) is 21.3 Å².